The summed E-state index contributed by atoms with van der Waals surface area (Å²) in [5.41, 5.74) is 4.85. The van der Waals surface area contributed by atoms with Gasteiger partial charge in [-0.25, -0.2) is 5.43 Å². The monoisotopic (exact) mass is 512 g/mol. The van der Waals surface area contributed by atoms with Gasteiger partial charge >= 0.3 is 11.8 Å². The predicted molar refractivity (Wildman–Crippen MR) is 137 cm³/mol. The lowest BCUT2D eigenvalue weighted by molar-refractivity contribution is -0.136. The Balaban J connectivity index is 1.44. The molecule has 35 heavy (non-hydrogen) atoms. The van der Waals surface area contributed by atoms with E-state index in [1.54, 1.807) is 54.6 Å². The number of rotatable bonds is 8. The molecule has 0 atom stereocenters. The highest BCUT2D eigenvalue weighted by Gasteiger charge is 2.14. The molecule has 0 spiro atoms. The average Bonchev–Trinajstić information content (AvgIpc) is 2.86. The molecule has 3 aromatic carbocycles. The van der Waals surface area contributed by atoms with Gasteiger partial charge in [-0.3, -0.25) is 14.4 Å². The van der Waals surface area contributed by atoms with Gasteiger partial charge in [0.25, 0.3) is 5.91 Å². The summed E-state index contributed by atoms with van der Waals surface area (Å²) in [4.78, 5) is 36.1. The number of para-hydroxylation sites is 1. The number of benzene rings is 3. The fourth-order valence-electron chi connectivity index (χ4n) is 2.92. The number of halogens is 2. The highest BCUT2D eigenvalue weighted by atomic mass is 35.5. The first kappa shape index (κ1) is 25.7. The van der Waals surface area contributed by atoms with E-state index in [-0.39, 0.29) is 12.5 Å². The summed E-state index contributed by atoms with van der Waals surface area (Å²) in [6.45, 7) is 1.75. The maximum Gasteiger partial charge on any atom is 0.329 e. The van der Waals surface area contributed by atoms with E-state index in [4.69, 9.17) is 27.9 Å². The van der Waals surface area contributed by atoms with Gasteiger partial charge in [-0.2, -0.15) is 5.10 Å². The first-order chi connectivity index (χ1) is 16.9. The molecule has 0 fully saturated rings. The summed E-state index contributed by atoms with van der Waals surface area (Å²) < 4.78 is 5.46. The number of carbonyl (C=O) groups excluding carboxylic acids is 3. The molecule has 0 aliphatic carbocycles. The molecular weight excluding hydrogens is 491 g/mol. The second-order valence-electron chi connectivity index (χ2n) is 7.20. The second-order valence-corrected chi connectivity index (χ2v) is 8.01. The number of nitrogens with one attached hydrogen (secondary N) is 3. The minimum Gasteiger partial charge on any atom is -0.484 e. The molecule has 3 rings (SSSR count). The molecule has 0 heterocycles. The molecule has 3 amide bonds. The van der Waals surface area contributed by atoms with Crippen molar-refractivity contribution in [2.45, 2.75) is 13.3 Å². The summed E-state index contributed by atoms with van der Waals surface area (Å²) in [5, 5.41) is 9.76. The van der Waals surface area contributed by atoms with Crippen LogP contribution in [0.5, 0.6) is 5.75 Å². The van der Waals surface area contributed by atoms with Crippen molar-refractivity contribution in [1.82, 2.24) is 5.43 Å². The Morgan fingerprint density at radius 3 is 2.37 bits per heavy atom. The van der Waals surface area contributed by atoms with E-state index in [1.165, 1.54) is 6.21 Å². The Labute approximate surface area is 212 Å². The van der Waals surface area contributed by atoms with Crippen LogP contribution >= 0.6 is 23.2 Å². The van der Waals surface area contributed by atoms with Crippen molar-refractivity contribution in [3.8, 4) is 5.75 Å². The molecule has 3 N–H and O–H groups in total. The molecule has 0 aliphatic heterocycles. The lowest BCUT2D eigenvalue weighted by Gasteiger charge is -2.09. The second kappa shape index (κ2) is 12.5. The van der Waals surface area contributed by atoms with Gasteiger partial charge in [0.15, 0.2) is 6.61 Å². The number of hydrogen-bond donors (Lipinski definition) is 3. The Kier molecular flexibility index (Phi) is 9.23. The van der Waals surface area contributed by atoms with Gasteiger partial charge in [-0.05, 0) is 66.1 Å². The van der Waals surface area contributed by atoms with E-state index in [2.05, 4.69) is 21.2 Å². The lowest BCUT2D eigenvalue weighted by Crippen LogP contribution is -2.32. The Morgan fingerprint density at radius 1 is 0.914 bits per heavy atom. The van der Waals surface area contributed by atoms with Crippen molar-refractivity contribution in [2.24, 2.45) is 5.10 Å². The predicted octanol–water partition coefficient (Wildman–Crippen LogP) is 4.66. The van der Waals surface area contributed by atoms with E-state index in [0.717, 1.165) is 12.0 Å². The van der Waals surface area contributed by atoms with Gasteiger partial charge in [-0.1, -0.05) is 48.3 Å². The van der Waals surface area contributed by atoms with E-state index < -0.39 is 11.8 Å². The van der Waals surface area contributed by atoms with Gasteiger partial charge in [-0.15, -0.1) is 0 Å². The minimum atomic E-state index is -0.889. The van der Waals surface area contributed by atoms with Gasteiger partial charge < -0.3 is 15.4 Å². The van der Waals surface area contributed by atoms with Crippen LogP contribution in [-0.2, 0) is 20.8 Å². The zero-order valence-electron chi connectivity index (χ0n) is 18.7. The number of aryl methyl sites for hydroxylation is 1. The molecule has 10 heteroatoms. The fraction of sp³-hybridized carbons (Fsp3) is 0.120. The van der Waals surface area contributed by atoms with Crippen LogP contribution in [0.25, 0.3) is 0 Å². The molecule has 3 aromatic rings. The molecule has 0 saturated carbocycles. The number of hydrogen-bond acceptors (Lipinski definition) is 5. The molecule has 0 radical (unpaired) electrons. The molecule has 0 saturated heterocycles. The van der Waals surface area contributed by atoms with Crippen LogP contribution in [0.2, 0.25) is 10.0 Å². The van der Waals surface area contributed by atoms with Crippen molar-refractivity contribution in [1.29, 1.82) is 0 Å². The number of amides is 3. The lowest BCUT2D eigenvalue weighted by atomic mass is 10.1. The van der Waals surface area contributed by atoms with Crippen molar-refractivity contribution < 1.29 is 19.1 Å². The third-order valence-electron chi connectivity index (χ3n) is 4.69. The van der Waals surface area contributed by atoms with Crippen molar-refractivity contribution >= 4 is 58.5 Å². The largest absolute Gasteiger partial charge is 0.484 e. The van der Waals surface area contributed by atoms with Crippen LogP contribution in [0.1, 0.15) is 18.1 Å². The third-order valence-corrected chi connectivity index (χ3v) is 5.42. The van der Waals surface area contributed by atoms with Crippen LogP contribution in [0.15, 0.2) is 71.8 Å². The normalized spacial score (nSPS) is 10.6. The van der Waals surface area contributed by atoms with E-state index >= 15 is 0 Å². The fourth-order valence-corrected chi connectivity index (χ4v) is 3.21. The first-order valence-corrected chi connectivity index (χ1v) is 11.3. The van der Waals surface area contributed by atoms with Gasteiger partial charge in [0.2, 0.25) is 0 Å². The highest BCUT2D eigenvalue weighted by molar-refractivity contribution is 6.42. The number of nitrogens with zero attached hydrogens (tertiary/aromatic N) is 1. The topological polar surface area (TPSA) is 109 Å². The average molecular weight is 513 g/mol. The van der Waals surface area contributed by atoms with Crippen LogP contribution in [0.3, 0.4) is 0 Å². The molecule has 0 bridgehead atoms. The SMILES string of the molecule is CCc1ccccc1NC(=O)C(=O)N/N=C\c1ccc(OCC(=O)Nc2ccc(Cl)c(Cl)c2)cc1. The van der Waals surface area contributed by atoms with E-state index in [9.17, 15) is 14.4 Å². The van der Waals surface area contributed by atoms with E-state index in [1.807, 2.05) is 19.1 Å². The Bertz CT molecular complexity index is 1250. The first-order valence-electron chi connectivity index (χ1n) is 10.6. The van der Waals surface area contributed by atoms with Crippen LogP contribution in [-0.4, -0.2) is 30.5 Å². The van der Waals surface area contributed by atoms with Crippen molar-refractivity contribution in [3.63, 3.8) is 0 Å². The zero-order valence-corrected chi connectivity index (χ0v) is 20.2. The standard InChI is InChI=1S/C25H22Cl2N4O4/c1-2-17-5-3-4-6-22(17)30-24(33)25(34)31-28-14-16-7-10-19(11-8-16)35-15-23(32)29-18-9-12-20(26)21(27)13-18/h3-14H,2,15H2,1H3,(H,29,32)(H,30,33)(H,31,34)/b28-14-. The number of hydrazone groups is 1. The third kappa shape index (κ3) is 7.84. The summed E-state index contributed by atoms with van der Waals surface area (Å²) in [6, 6.07) is 18.7. The highest BCUT2D eigenvalue weighted by Crippen LogP contribution is 2.25. The van der Waals surface area contributed by atoms with E-state index in [0.29, 0.717) is 32.7 Å². The summed E-state index contributed by atoms with van der Waals surface area (Å²) in [7, 11) is 0. The molecule has 180 valence electrons. The molecule has 0 aromatic heterocycles. The quantitative estimate of drug-likeness (QED) is 0.231. The van der Waals surface area contributed by atoms with Gasteiger partial charge in [0.1, 0.15) is 5.75 Å². The summed E-state index contributed by atoms with van der Waals surface area (Å²) in [6.07, 6.45) is 2.10. The zero-order chi connectivity index (χ0) is 25.2. The van der Waals surface area contributed by atoms with Crippen LogP contribution in [0, 0.1) is 0 Å². The number of anilines is 2. The maximum absolute atomic E-state index is 12.1. The van der Waals surface area contributed by atoms with Crippen molar-refractivity contribution in [3.05, 3.63) is 87.9 Å². The molecule has 0 aliphatic rings. The Morgan fingerprint density at radius 2 is 1.66 bits per heavy atom. The minimum absolute atomic E-state index is 0.208. The maximum atomic E-state index is 12.1. The van der Waals surface area contributed by atoms with Gasteiger partial charge in [0, 0.05) is 11.4 Å². The van der Waals surface area contributed by atoms with Gasteiger partial charge in [0.05, 0.1) is 16.3 Å². The molecule has 0 unspecified atom stereocenters. The molecular formula is C25H22Cl2N4O4. The van der Waals surface area contributed by atoms with Crippen LogP contribution in [0.4, 0.5) is 11.4 Å². The summed E-state index contributed by atoms with van der Waals surface area (Å²) >= 11 is 11.8. The Hall–Kier alpha value is -3.88. The smallest absolute Gasteiger partial charge is 0.329 e. The molecule has 8 nitrogen and oxygen atoms in total. The van der Waals surface area contributed by atoms with Crippen LogP contribution < -0.4 is 20.8 Å². The number of ether oxygens (including phenoxy) is 1. The summed E-state index contributed by atoms with van der Waals surface area (Å²) in [5.74, 6) is -1.60. The number of carbonyl (C=O) groups is 3. The van der Waals surface area contributed by atoms with Crippen molar-refractivity contribution in [2.75, 3.05) is 17.2 Å².